The SMILES string of the molecule is O=C(Nc1ccc(N2CCN(C(=O)C3CC3)CC2)cc1)c1cnc2ccc(N3C[C@@H](F)C[C@@H]3c3cc(F)ccc3F)nn12. The van der Waals surface area contributed by atoms with Crippen molar-refractivity contribution in [2.75, 3.05) is 47.8 Å². The third-order valence-electron chi connectivity index (χ3n) is 8.45. The molecule has 222 valence electrons. The molecule has 2 saturated heterocycles. The molecule has 7 rings (SSSR count). The number of imidazole rings is 1. The van der Waals surface area contributed by atoms with Crippen molar-refractivity contribution in [3.63, 3.8) is 0 Å². The van der Waals surface area contributed by atoms with Crippen LogP contribution >= 0.6 is 0 Å². The van der Waals surface area contributed by atoms with Gasteiger partial charge in [-0.25, -0.2) is 22.7 Å². The van der Waals surface area contributed by atoms with Crippen molar-refractivity contribution in [3.05, 3.63) is 83.7 Å². The lowest BCUT2D eigenvalue weighted by Gasteiger charge is -2.36. The molecule has 4 heterocycles. The smallest absolute Gasteiger partial charge is 0.276 e. The molecule has 2 aromatic heterocycles. The van der Waals surface area contributed by atoms with Gasteiger partial charge in [0.05, 0.1) is 18.8 Å². The van der Waals surface area contributed by atoms with Crippen LogP contribution in [0.4, 0.5) is 30.4 Å². The Balaban J connectivity index is 1.06. The van der Waals surface area contributed by atoms with Crippen molar-refractivity contribution < 1.29 is 22.8 Å². The Morgan fingerprint density at radius 1 is 0.930 bits per heavy atom. The summed E-state index contributed by atoms with van der Waals surface area (Å²) in [5.74, 6) is -0.836. The lowest BCUT2D eigenvalue weighted by Crippen LogP contribution is -2.49. The molecule has 3 fully saturated rings. The van der Waals surface area contributed by atoms with Crippen molar-refractivity contribution >= 4 is 34.7 Å². The van der Waals surface area contributed by atoms with Crippen LogP contribution < -0.4 is 15.1 Å². The van der Waals surface area contributed by atoms with E-state index in [0.29, 0.717) is 30.2 Å². The lowest BCUT2D eigenvalue weighted by atomic mass is 10.0. The molecule has 43 heavy (non-hydrogen) atoms. The molecule has 0 bridgehead atoms. The molecule has 9 nitrogen and oxygen atoms in total. The molecule has 2 aromatic carbocycles. The zero-order valence-corrected chi connectivity index (χ0v) is 23.3. The Morgan fingerprint density at radius 3 is 2.44 bits per heavy atom. The van der Waals surface area contributed by atoms with E-state index in [9.17, 15) is 22.8 Å². The van der Waals surface area contributed by atoms with Crippen LogP contribution in [0.1, 0.15) is 41.4 Å². The minimum Gasteiger partial charge on any atom is -0.368 e. The fraction of sp³-hybridized carbons (Fsp3) is 0.355. The van der Waals surface area contributed by atoms with Gasteiger partial charge in [-0.05, 0) is 67.4 Å². The highest BCUT2D eigenvalue weighted by atomic mass is 19.1. The number of alkyl halides is 1. The first-order valence-corrected chi connectivity index (χ1v) is 14.5. The Kier molecular flexibility index (Phi) is 6.91. The van der Waals surface area contributed by atoms with Crippen LogP contribution in [0.15, 0.2) is 60.8 Å². The first kappa shape index (κ1) is 27.2. The van der Waals surface area contributed by atoms with Gasteiger partial charge in [-0.15, -0.1) is 5.10 Å². The quantitative estimate of drug-likeness (QED) is 0.354. The van der Waals surface area contributed by atoms with Crippen molar-refractivity contribution in [2.45, 2.75) is 31.5 Å². The molecule has 3 aliphatic rings. The molecule has 1 aliphatic carbocycles. The maximum atomic E-state index is 14.6. The van der Waals surface area contributed by atoms with Gasteiger partial charge >= 0.3 is 0 Å². The summed E-state index contributed by atoms with van der Waals surface area (Å²) in [6.45, 7) is 2.88. The highest BCUT2D eigenvalue weighted by Gasteiger charge is 2.37. The Bertz CT molecular complexity index is 1680. The van der Waals surface area contributed by atoms with Crippen molar-refractivity contribution in [1.82, 2.24) is 19.5 Å². The molecule has 0 radical (unpaired) electrons. The Hall–Kier alpha value is -4.61. The lowest BCUT2D eigenvalue weighted by molar-refractivity contribution is -0.132. The fourth-order valence-corrected chi connectivity index (χ4v) is 6.00. The molecule has 12 heteroatoms. The molecule has 2 aliphatic heterocycles. The zero-order valence-electron chi connectivity index (χ0n) is 23.3. The van der Waals surface area contributed by atoms with Crippen LogP contribution in [0.3, 0.4) is 0 Å². The molecule has 1 saturated carbocycles. The van der Waals surface area contributed by atoms with Gasteiger partial charge in [0.15, 0.2) is 11.3 Å². The van der Waals surface area contributed by atoms with Gasteiger partial charge < -0.3 is 20.0 Å². The summed E-state index contributed by atoms with van der Waals surface area (Å²) in [7, 11) is 0. The van der Waals surface area contributed by atoms with Crippen LogP contribution in [-0.2, 0) is 4.79 Å². The predicted octanol–water partition coefficient (Wildman–Crippen LogP) is 4.61. The number of carbonyl (C=O) groups is 2. The van der Waals surface area contributed by atoms with Gasteiger partial charge in [0.25, 0.3) is 5.91 Å². The second kappa shape index (κ2) is 10.9. The van der Waals surface area contributed by atoms with Crippen LogP contribution in [0.25, 0.3) is 5.65 Å². The van der Waals surface area contributed by atoms with Crippen LogP contribution in [0.2, 0.25) is 0 Å². The zero-order chi connectivity index (χ0) is 29.7. The molecule has 4 aromatic rings. The van der Waals surface area contributed by atoms with E-state index in [1.807, 2.05) is 29.2 Å². The summed E-state index contributed by atoms with van der Waals surface area (Å²) in [5, 5.41) is 7.43. The van der Waals surface area contributed by atoms with E-state index in [-0.39, 0.29) is 36.0 Å². The van der Waals surface area contributed by atoms with E-state index in [2.05, 4.69) is 20.3 Å². The first-order valence-electron chi connectivity index (χ1n) is 14.5. The van der Waals surface area contributed by atoms with E-state index in [1.165, 1.54) is 10.7 Å². The number of anilines is 3. The maximum absolute atomic E-state index is 14.6. The fourth-order valence-electron chi connectivity index (χ4n) is 6.00. The second-order valence-corrected chi connectivity index (χ2v) is 11.4. The van der Waals surface area contributed by atoms with Gasteiger partial charge in [0, 0.05) is 55.5 Å². The molecular formula is C31H30F3N7O2. The van der Waals surface area contributed by atoms with Gasteiger partial charge in [-0.1, -0.05) is 0 Å². The second-order valence-electron chi connectivity index (χ2n) is 11.4. The summed E-state index contributed by atoms with van der Waals surface area (Å²) >= 11 is 0. The highest BCUT2D eigenvalue weighted by molar-refractivity contribution is 6.03. The summed E-state index contributed by atoms with van der Waals surface area (Å²) < 4.78 is 44.5. The number of aromatic nitrogens is 3. The number of amides is 2. The number of hydrogen-bond donors (Lipinski definition) is 1. The van der Waals surface area contributed by atoms with Crippen molar-refractivity contribution in [3.8, 4) is 0 Å². The van der Waals surface area contributed by atoms with E-state index < -0.39 is 29.8 Å². The van der Waals surface area contributed by atoms with Crippen molar-refractivity contribution in [2.24, 2.45) is 5.92 Å². The van der Waals surface area contributed by atoms with E-state index >= 15 is 0 Å². The summed E-state index contributed by atoms with van der Waals surface area (Å²) in [4.78, 5) is 35.6. The van der Waals surface area contributed by atoms with Crippen molar-refractivity contribution in [1.29, 1.82) is 0 Å². The molecule has 1 N–H and O–H groups in total. The maximum Gasteiger partial charge on any atom is 0.276 e. The van der Waals surface area contributed by atoms with E-state index in [0.717, 1.165) is 49.8 Å². The summed E-state index contributed by atoms with van der Waals surface area (Å²) in [6, 6.07) is 13.2. The number of nitrogens with one attached hydrogen (secondary N) is 1. The molecule has 0 spiro atoms. The van der Waals surface area contributed by atoms with Gasteiger partial charge in [-0.2, -0.15) is 0 Å². The predicted molar refractivity (Wildman–Crippen MR) is 155 cm³/mol. The number of hydrogen-bond acceptors (Lipinski definition) is 6. The number of halogens is 3. The number of rotatable bonds is 6. The van der Waals surface area contributed by atoms with E-state index in [4.69, 9.17) is 0 Å². The third-order valence-corrected chi connectivity index (χ3v) is 8.45. The average Bonchev–Trinajstić information content (AvgIpc) is 3.67. The number of nitrogens with zero attached hydrogens (tertiary/aromatic N) is 6. The van der Waals surface area contributed by atoms with E-state index in [1.54, 1.807) is 17.0 Å². The highest BCUT2D eigenvalue weighted by Crippen LogP contribution is 2.38. The minimum absolute atomic E-state index is 0.0123. The Labute approximate surface area is 245 Å². The van der Waals surface area contributed by atoms with Gasteiger partial charge in [0.2, 0.25) is 5.91 Å². The summed E-state index contributed by atoms with van der Waals surface area (Å²) in [5.41, 5.74) is 2.24. The number of benzene rings is 2. The van der Waals surface area contributed by atoms with Gasteiger partial charge in [-0.3, -0.25) is 9.59 Å². The van der Waals surface area contributed by atoms with Gasteiger partial charge in [0.1, 0.15) is 23.6 Å². The van der Waals surface area contributed by atoms with Crippen LogP contribution in [0.5, 0.6) is 0 Å². The molecule has 0 unspecified atom stereocenters. The van der Waals surface area contributed by atoms with Crippen LogP contribution in [0, 0.1) is 17.6 Å². The normalized spacial score (nSPS) is 20.6. The molecule has 2 atom stereocenters. The molecule has 2 amide bonds. The van der Waals surface area contributed by atoms with Crippen LogP contribution in [-0.4, -0.2) is 70.2 Å². The summed E-state index contributed by atoms with van der Waals surface area (Å²) in [6.07, 6.45) is 2.16. The molecular weight excluding hydrogens is 559 g/mol. The average molecular weight is 590 g/mol. The number of piperazine rings is 1. The Morgan fingerprint density at radius 2 is 1.70 bits per heavy atom. The number of carbonyl (C=O) groups excluding carboxylic acids is 2. The third kappa shape index (κ3) is 5.37. The largest absolute Gasteiger partial charge is 0.368 e. The minimum atomic E-state index is -1.26. The number of fused-ring (bicyclic) bond motifs is 1. The standard InChI is InChI=1S/C31H30F3N7O2/c32-20-3-8-25(34)24(15-20)26-16-21(33)18-40(26)29-10-9-28-35-17-27(41(28)37-29)30(42)36-22-4-6-23(7-5-22)38-11-13-39(14-12-38)31(43)19-1-2-19/h3-10,15,17,19,21,26H,1-2,11-14,16,18H2,(H,36,42)/t21-,26+/m0/s1. The monoisotopic (exact) mass is 589 g/mol. The topological polar surface area (TPSA) is 86.1 Å². The first-order chi connectivity index (χ1) is 20.8.